The van der Waals surface area contributed by atoms with Gasteiger partial charge >= 0.3 is 13.8 Å². The molecular formula is C54H105O12P. The molecule has 6 atom stereocenters. The van der Waals surface area contributed by atoms with Crippen LogP contribution in [0, 0.1) is 0 Å². The fourth-order valence-electron chi connectivity index (χ4n) is 8.94. The molecule has 0 bridgehead atoms. The molecule has 1 saturated carbocycles. The normalized spacial score (nSPS) is 21.3. The highest BCUT2D eigenvalue weighted by atomic mass is 31.2. The van der Waals surface area contributed by atoms with Crippen molar-refractivity contribution in [1.82, 2.24) is 0 Å². The van der Waals surface area contributed by atoms with E-state index < -0.39 is 63.1 Å². The minimum Gasteiger partial charge on any atom is -0.457 e. The fourth-order valence-corrected chi connectivity index (χ4v) is 9.91. The zero-order valence-corrected chi connectivity index (χ0v) is 43.9. The average molecular weight is 977 g/mol. The van der Waals surface area contributed by atoms with Gasteiger partial charge in [-0.05, 0) is 38.5 Å². The highest BCUT2D eigenvalue weighted by molar-refractivity contribution is 7.47. The van der Waals surface area contributed by atoms with E-state index in [-0.39, 0.29) is 13.0 Å². The van der Waals surface area contributed by atoms with E-state index >= 15 is 0 Å². The molecule has 6 N–H and O–H groups in total. The summed E-state index contributed by atoms with van der Waals surface area (Å²) < 4.78 is 34.4. The van der Waals surface area contributed by atoms with Gasteiger partial charge in [0.2, 0.25) is 0 Å². The molecule has 12 nitrogen and oxygen atoms in total. The number of carbonyl (C=O) groups is 1. The number of allylic oxidation sites excluding steroid dienone is 2. The molecule has 0 spiro atoms. The van der Waals surface area contributed by atoms with Crippen LogP contribution in [0.25, 0.3) is 0 Å². The Morgan fingerprint density at radius 3 is 1.18 bits per heavy atom. The Bertz CT molecular complexity index is 1160. The van der Waals surface area contributed by atoms with Gasteiger partial charge in [-0.25, -0.2) is 4.57 Å². The predicted octanol–water partition coefficient (Wildman–Crippen LogP) is 13.0. The van der Waals surface area contributed by atoms with Crippen LogP contribution >= 0.6 is 7.82 Å². The first-order valence-electron chi connectivity index (χ1n) is 28.0. The molecule has 1 aliphatic rings. The van der Waals surface area contributed by atoms with Crippen LogP contribution < -0.4 is 0 Å². The highest BCUT2D eigenvalue weighted by Gasteiger charge is 2.51. The number of aliphatic hydroxyl groups is 5. The second-order valence-electron chi connectivity index (χ2n) is 19.8. The van der Waals surface area contributed by atoms with Crippen LogP contribution in [-0.2, 0) is 27.9 Å². The summed E-state index contributed by atoms with van der Waals surface area (Å²) in [4.78, 5) is 23.3. The van der Waals surface area contributed by atoms with Crippen molar-refractivity contribution in [3.05, 3.63) is 12.2 Å². The Morgan fingerprint density at radius 2 is 0.791 bits per heavy atom. The zero-order chi connectivity index (χ0) is 49.1. The first-order chi connectivity index (χ1) is 32.5. The lowest BCUT2D eigenvalue weighted by atomic mass is 9.85. The summed E-state index contributed by atoms with van der Waals surface area (Å²) in [6, 6.07) is 0. The third kappa shape index (κ3) is 36.6. The van der Waals surface area contributed by atoms with Crippen LogP contribution in [0.3, 0.4) is 0 Å². The Kier molecular flexibility index (Phi) is 43.0. The summed E-state index contributed by atoms with van der Waals surface area (Å²) in [7, 11) is -5.02. The maximum atomic E-state index is 12.9. The molecule has 1 fully saturated rings. The van der Waals surface area contributed by atoms with Gasteiger partial charge in [-0.2, -0.15) is 0 Å². The van der Waals surface area contributed by atoms with Crippen molar-refractivity contribution in [2.24, 2.45) is 0 Å². The molecule has 0 aliphatic heterocycles. The summed E-state index contributed by atoms with van der Waals surface area (Å²) in [5.74, 6) is -0.470. The highest BCUT2D eigenvalue weighted by Crippen LogP contribution is 2.47. The van der Waals surface area contributed by atoms with Gasteiger partial charge in [-0.1, -0.05) is 231 Å². The lowest BCUT2D eigenvalue weighted by Gasteiger charge is -2.41. The molecule has 398 valence electrons. The Morgan fingerprint density at radius 1 is 0.463 bits per heavy atom. The van der Waals surface area contributed by atoms with E-state index in [0.29, 0.717) is 13.0 Å². The maximum Gasteiger partial charge on any atom is 0.472 e. The monoisotopic (exact) mass is 977 g/mol. The van der Waals surface area contributed by atoms with E-state index in [4.69, 9.17) is 18.5 Å². The zero-order valence-electron chi connectivity index (χ0n) is 43.0. The second kappa shape index (κ2) is 45.0. The van der Waals surface area contributed by atoms with Gasteiger partial charge in [-0.15, -0.1) is 0 Å². The van der Waals surface area contributed by atoms with Gasteiger partial charge < -0.3 is 39.9 Å². The van der Waals surface area contributed by atoms with Gasteiger partial charge in [0.15, 0.2) is 0 Å². The maximum absolute atomic E-state index is 12.9. The molecule has 0 amide bonds. The number of hydrogen-bond donors (Lipinski definition) is 6. The van der Waals surface area contributed by atoms with Gasteiger partial charge in [0.1, 0.15) is 42.7 Å². The molecule has 0 aromatic carbocycles. The Balaban J connectivity index is 2.28. The Labute approximate surface area is 409 Å². The third-order valence-electron chi connectivity index (χ3n) is 13.4. The molecule has 13 heteroatoms. The van der Waals surface area contributed by atoms with E-state index in [1.165, 1.54) is 199 Å². The van der Waals surface area contributed by atoms with Crippen molar-refractivity contribution in [2.45, 2.75) is 307 Å². The molecule has 0 aromatic heterocycles. The van der Waals surface area contributed by atoms with Crippen molar-refractivity contribution in [3.8, 4) is 0 Å². The van der Waals surface area contributed by atoms with E-state index in [1.54, 1.807) is 0 Å². The van der Waals surface area contributed by atoms with Gasteiger partial charge in [-0.3, -0.25) is 13.8 Å². The van der Waals surface area contributed by atoms with Crippen LogP contribution in [0.15, 0.2) is 12.2 Å². The molecule has 0 saturated heterocycles. The van der Waals surface area contributed by atoms with Crippen molar-refractivity contribution in [1.29, 1.82) is 0 Å². The van der Waals surface area contributed by atoms with E-state index in [0.717, 1.165) is 38.5 Å². The molecule has 1 rings (SSSR count). The first-order valence-corrected chi connectivity index (χ1v) is 29.5. The lowest BCUT2D eigenvalue weighted by molar-refractivity contribution is -0.220. The average Bonchev–Trinajstić information content (AvgIpc) is 3.31. The van der Waals surface area contributed by atoms with E-state index in [2.05, 4.69) is 26.0 Å². The minimum atomic E-state index is -5.02. The third-order valence-corrected chi connectivity index (χ3v) is 14.4. The van der Waals surface area contributed by atoms with Gasteiger partial charge in [0.25, 0.3) is 0 Å². The van der Waals surface area contributed by atoms with Crippen molar-refractivity contribution >= 4 is 13.8 Å². The van der Waals surface area contributed by atoms with Gasteiger partial charge in [0, 0.05) is 13.0 Å². The topological polar surface area (TPSA) is 192 Å². The number of hydrogen-bond acceptors (Lipinski definition) is 11. The number of unbranched alkanes of at least 4 members (excludes halogenated alkanes) is 35. The molecule has 1 aliphatic carbocycles. The van der Waals surface area contributed by atoms with Crippen LogP contribution in [-0.4, -0.2) is 98.9 Å². The quantitative estimate of drug-likeness (QED) is 0.0146. The number of rotatable bonds is 49. The lowest BCUT2D eigenvalue weighted by Crippen LogP contribution is -2.64. The largest absolute Gasteiger partial charge is 0.472 e. The van der Waals surface area contributed by atoms with Gasteiger partial charge in [0.05, 0.1) is 13.2 Å². The number of ether oxygens (including phenoxy) is 2. The Hall–Kier alpha value is -0.920. The molecule has 0 aromatic rings. The van der Waals surface area contributed by atoms with Crippen LogP contribution in [0.2, 0.25) is 0 Å². The minimum absolute atomic E-state index is 0.0712. The SMILES string of the molecule is CCCCCCCCCC/C=C\CCCCCCCCCCCCOCC(COP(=O)(O)OC1C(O)C(O)C(O)C(O)C1O)OC(=O)CCCCCCCCCCCCCCCCCCCC. The molecular weight excluding hydrogens is 872 g/mol. The van der Waals surface area contributed by atoms with E-state index in [9.17, 15) is 39.8 Å². The number of phosphoric ester groups is 1. The number of esters is 1. The molecule has 0 radical (unpaired) electrons. The van der Waals surface area contributed by atoms with Crippen LogP contribution in [0.4, 0.5) is 0 Å². The van der Waals surface area contributed by atoms with Crippen molar-refractivity contribution in [2.75, 3.05) is 19.8 Å². The number of phosphoric acid groups is 1. The molecule has 0 heterocycles. The van der Waals surface area contributed by atoms with Crippen molar-refractivity contribution < 1.29 is 58.3 Å². The molecule has 67 heavy (non-hydrogen) atoms. The predicted molar refractivity (Wildman–Crippen MR) is 272 cm³/mol. The summed E-state index contributed by atoms with van der Waals surface area (Å²) in [6.07, 6.45) is 39.9. The standard InChI is InChI=1S/C54H105O12P/c1-3-5-7-9-11-13-15-17-19-21-23-24-25-26-28-30-32-34-36-38-40-42-44-63-45-47(46-64-67(61,62)66-54-52(59)50(57)49(56)51(58)53(54)60)65-48(55)43-41-39-37-35-33-31-29-27-22-20-18-16-14-12-10-8-6-4-2/h21,23,47,49-54,56-60H,3-20,22,24-46H2,1-2H3,(H,61,62)/b23-21-. The van der Waals surface area contributed by atoms with Crippen molar-refractivity contribution in [3.63, 3.8) is 0 Å². The van der Waals surface area contributed by atoms with E-state index in [1.807, 2.05) is 0 Å². The number of aliphatic hydroxyl groups excluding tert-OH is 5. The van der Waals surface area contributed by atoms with Crippen LogP contribution in [0.1, 0.15) is 264 Å². The molecule has 6 unspecified atom stereocenters. The van der Waals surface area contributed by atoms with Crippen LogP contribution in [0.5, 0.6) is 0 Å². The summed E-state index contributed by atoms with van der Waals surface area (Å²) in [6.45, 7) is 4.32. The second-order valence-corrected chi connectivity index (χ2v) is 21.2. The first kappa shape index (κ1) is 64.1. The summed E-state index contributed by atoms with van der Waals surface area (Å²) >= 11 is 0. The summed E-state index contributed by atoms with van der Waals surface area (Å²) in [5, 5.41) is 50.4. The fraction of sp³-hybridized carbons (Fsp3) is 0.944. The smallest absolute Gasteiger partial charge is 0.457 e. The summed E-state index contributed by atoms with van der Waals surface area (Å²) in [5.41, 5.74) is 0. The number of carbonyl (C=O) groups excluding carboxylic acids is 1.